The number of carbonyl (C=O) groups excluding carboxylic acids is 1. The van der Waals surface area contributed by atoms with Gasteiger partial charge in [-0.15, -0.1) is 0 Å². The van der Waals surface area contributed by atoms with Gasteiger partial charge in [-0.25, -0.2) is 14.8 Å². The molecule has 0 aliphatic carbocycles. The summed E-state index contributed by atoms with van der Waals surface area (Å²) in [6.07, 6.45) is 2.48. The fourth-order valence-electron chi connectivity index (χ4n) is 4.57. The van der Waals surface area contributed by atoms with Crippen molar-refractivity contribution < 1.29 is 9.53 Å². The van der Waals surface area contributed by atoms with Crippen LogP contribution in [-0.4, -0.2) is 27.1 Å². The second-order valence-corrected chi connectivity index (χ2v) is 9.13. The Morgan fingerprint density at radius 2 is 1.74 bits per heavy atom. The van der Waals surface area contributed by atoms with Gasteiger partial charge in [0.05, 0.1) is 11.0 Å². The van der Waals surface area contributed by atoms with Crippen molar-refractivity contribution in [3.8, 4) is 5.75 Å². The summed E-state index contributed by atoms with van der Waals surface area (Å²) >= 11 is 0. The highest BCUT2D eigenvalue weighted by molar-refractivity contribution is 6.07. The largest absolute Gasteiger partial charge is 0.489 e. The Bertz CT molecular complexity index is 1530. The average molecular weight is 509 g/mol. The minimum absolute atomic E-state index is 0.202. The van der Waals surface area contributed by atoms with Crippen molar-refractivity contribution in [3.05, 3.63) is 90.3 Å². The van der Waals surface area contributed by atoms with Crippen LogP contribution in [0.2, 0.25) is 0 Å². The fraction of sp³-hybridized carbons (Fsp3) is 0.233. The molecule has 0 radical (unpaired) electrons. The summed E-state index contributed by atoms with van der Waals surface area (Å²) in [7, 11) is 0. The Hall–Kier alpha value is -4.59. The maximum Gasteiger partial charge on any atom is 0.319 e. The molecule has 0 aliphatic heterocycles. The number of nitrogens with zero attached hydrogens (tertiary/aromatic N) is 3. The zero-order valence-corrected chi connectivity index (χ0v) is 21.5. The van der Waals surface area contributed by atoms with E-state index in [0.717, 1.165) is 70.6 Å². The number of rotatable bonds is 10. The minimum atomic E-state index is -0.202. The highest BCUT2D eigenvalue weighted by atomic mass is 16.5. The van der Waals surface area contributed by atoms with Gasteiger partial charge in [0, 0.05) is 30.6 Å². The molecule has 0 saturated carbocycles. The molecule has 0 saturated heterocycles. The number of carbonyl (C=O) groups is 1. The first kappa shape index (κ1) is 25.1. The third-order valence-electron chi connectivity index (χ3n) is 6.44. The second kappa shape index (κ2) is 11.6. The van der Waals surface area contributed by atoms with Gasteiger partial charge in [0.2, 0.25) is 0 Å². The predicted octanol–water partition coefficient (Wildman–Crippen LogP) is 5.91. The fourth-order valence-corrected chi connectivity index (χ4v) is 4.57. The Kier molecular flexibility index (Phi) is 7.68. The number of fused-ring (bicyclic) bond motifs is 3. The average Bonchev–Trinajstić information content (AvgIpc) is 3.32. The van der Waals surface area contributed by atoms with Gasteiger partial charge in [-0.2, -0.15) is 0 Å². The number of pyridine rings is 1. The summed E-state index contributed by atoms with van der Waals surface area (Å²) < 4.78 is 8.33. The van der Waals surface area contributed by atoms with Gasteiger partial charge in [0.1, 0.15) is 23.7 Å². The molecule has 8 heteroatoms. The SMILES string of the molecule is CCc1nc2c(N)nc3ccc(OCc4ccccc4)cc3c2n1CCCCNC(=O)Nc1ccccc1. The Labute approximate surface area is 221 Å². The molecule has 194 valence electrons. The molecule has 0 unspecified atom stereocenters. The lowest BCUT2D eigenvalue weighted by Gasteiger charge is -2.12. The van der Waals surface area contributed by atoms with E-state index in [1.807, 2.05) is 78.9 Å². The number of hydrogen-bond donors (Lipinski definition) is 3. The summed E-state index contributed by atoms with van der Waals surface area (Å²) in [5.74, 6) is 2.16. The summed E-state index contributed by atoms with van der Waals surface area (Å²) in [5.41, 5.74) is 10.7. The molecule has 0 aliphatic rings. The van der Waals surface area contributed by atoms with Crippen LogP contribution in [-0.2, 0) is 19.6 Å². The number of aryl methyl sites for hydroxylation is 2. The normalized spacial score (nSPS) is 11.1. The molecule has 5 aromatic rings. The number of unbranched alkanes of at least 4 members (excludes halogenated alkanes) is 1. The first-order chi connectivity index (χ1) is 18.6. The third-order valence-corrected chi connectivity index (χ3v) is 6.44. The van der Waals surface area contributed by atoms with Crippen LogP contribution in [0.1, 0.15) is 31.2 Å². The molecule has 0 spiro atoms. The molecule has 2 amide bonds. The van der Waals surface area contributed by atoms with Crippen LogP contribution >= 0.6 is 0 Å². The first-order valence-electron chi connectivity index (χ1n) is 13.0. The molecule has 0 bridgehead atoms. The number of nitrogens with one attached hydrogen (secondary N) is 2. The molecule has 0 atom stereocenters. The molecule has 3 aromatic carbocycles. The van der Waals surface area contributed by atoms with Gasteiger partial charge in [0.25, 0.3) is 0 Å². The zero-order chi connectivity index (χ0) is 26.3. The van der Waals surface area contributed by atoms with E-state index >= 15 is 0 Å². The van der Waals surface area contributed by atoms with Crippen LogP contribution in [0.25, 0.3) is 21.9 Å². The molecule has 5 rings (SSSR count). The molecule has 0 fully saturated rings. The Balaban J connectivity index is 1.31. The number of nitrogen functional groups attached to an aromatic ring is 1. The number of hydrogen-bond acceptors (Lipinski definition) is 5. The standard InChI is InChI=1S/C30H32N6O2/c1-2-26-35-27-28(36(26)18-10-9-17-32-30(37)33-22-13-7-4-8-14-22)24-19-23(15-16-25(24)34-29(27)31)38-20-21-11-5-3-6-12-21/h3-8,11-16,19H,2,9-10,17-18,20H2,1H3,(H2,31,34)(H2,32,33,37). The van der Waals surface area contributed by atoms with Crippen molar-refractivity contribution in [2.45, 2.75) is 39.3 Å². The van der Waals surface area contributed by atoms with Crippen LogP contribution in [0.15, 0.2) is 78.9 Å². The van der Waals surface area contributed by atoms with Gasteiger partial charge in [0.15, 0.2) is 5.82 Å². The number of amides is 2. The van der Waals surface area contributed by atoms with E-state index in [1.54, 1.807) is 0 Å². The van der Waals surface area contributed by atoms with Crippen molar-refractivity contribution >= 4 is 39.5 Å². The molecule has 2 aromatic heterocycles. The molecule has 4 N–H and O–H groups in total. The van der Waals surface area contributed by atoms with Crippen molar-refractivity contribution in [1.82, 2.24) is 19.9 Å². The number of benzene rings is 3. The number of urea groups is 1. The summed E-state index contributed by atoms with van der Waals surface area (Å²) in [5, 5.41) is 6.74. The lowest BCUT2D eigenvalue weighted by molar-refractivity contribution is 0.252. The van der Waals surface area contributed by atoms with Crippen molar-refractivity contribution in [1.29, 1.82) is 0 Å². The lowest BCUT2D eigenvalue weighted by atomic mass is 10.1. The molecule has 8 nitrogen and oxygen atoms in total. The van der Waals surface area contributed by atoms with Gasteiger partial charge in [-0.05, 0) is 48.7 Å². The van der Waals surface area contributed by atoms with E-state index in [9.17, 15) is 4.79 Å². The summed E-state index contributed by atoms with van der Waals surface area (Å²) in [6.45, 7) is 3.92. The lowest BCUT2D eigenvalue weighted by Crippen LogP contribution is -2.29. The van der Waals surface area contributed by atoms with Gasteiger partial charge >= 0.3 is 6.03 Å². The molecular formula is C30H32N6O2. The molecule has 38 heavy (non-hydrogen) atoms. The maximum absolute atomic E-state index is 12.2. The van der Waals surface area contributed by atoms with E-state index < -0.39 is 0 Å². The van der Waals surface area contributed by atoms with Crippen molar-refractivity contribution in [2.75, 3.05) is 17.6 Å². The van der Waals surface area contributed by atoms with Crippen LogP contribution in [0.4, 0.5) is 16.3 Å². The highest BCUT2D eigenvalue weighted by Crippen LogP contribution is 2.32. The number of anilines is 2. The number of para-hydroxylation sites is 1. The number of imidazole rings is 1. The monoisotopic (exact) mass is 508 g/mol. The zero-order valence-electron chi connectivity index (χ0n) is 21.5. The minimum Gasteiger partial charge on any atom is -0.489 e. The first-order valence-corrected chi connectivity index (χ1v) is 13.0. The highest BCUT2D eigenvalue weighted by Gasteiger charge is 2.17. The number of nitrogens with two attached hydrogens (primary N) is 1. The van der Waals surface area contributed by atoms with Crippen LogP contribution in [0, 0.1) is 0 Å². The van der Waals surface area contributed by atoms with E-state index in [4.69, 9.17) is 15.5 Å². The van der Waals surface area contributed by atoms with E-state index in [-0.39, 0.29) is 6.03 Å². The van der Waals surface area contributed by atoms with Crippen LogP contribution in [0.5, 0.6) is 5.75 Å². The van der Waals surface area contributed by atoms with E-state index in [2.05, 4.69) is 27.1 Å². The van der Waals surface area contributed by atoms with Gasteiger partial charge < -0.3 is 25.7 Å². The topological polar surface area (TPSA) is 107 Å². The summed E-state index contributed by atoms with van der Waals surface area (Å²) in [4.78, 5) is 21.6. The predicted molar refractivity (Wildman–Crippen MR) is 152 cm³/mol. The van der Waals surface area contributed by atoms with Crippen LogP contribution < -0.4 is 21.1 Å². The molecular weight excluding hydrogens is 476 g/mol. The Morgan fingerprint density at radius 3 is 2.50 bits per heavy atom. The number of ether oxygens (including phenoxy) is 1. The molecule has 2 heterocycles. The van der Waals surface area contributed by atoms with E-state index in [1.165, 1.54) is 0 Å². The van der Waals surface area contributed by atoms with E-state index in [0.29, 0.717) is 19.0 Å². The third kappa shape index (κ3) is 5.70. The van der Waals surface area contributed by atoms with Crippen molar-refractivity contribution in [3.63, 3.8) is 0 Å². The Morgan fingerprint density at radius 1 is 0.974 bits per heavy atom. The van der Waals surface area contributed by atoms with Crippen molar-refractivity contribution in [2.24, 2.45) is 0 Å². The quantitative estimate of drug-likeness (QED) is 0.203. The van der Waals surface area contributed by atoms with Gasteiger partial charge in [-0.1, -0.05) is 55.5 Å². The smallest absolute Gasteiger partial charge is 0.319 e. The van der Waals surface area contributed by atoms with Crippen LogP contribution in [0.3, 0.4) is 0 Å². The van der Waals surface area contributed by atoms with Gasteiger partial charge in [-0.3, -0.25) is 0 Å². The second-order valence-electron chi connectivity index (χ2n) is 9.13. The maximum atomic E-state index is 12.2. The summed E-state index contributed by atoms with van der Waals surface area (Å²) in [6, 6.07) is 25.2. The number of aromatic nitrogens is 3.